The van der Waals surface area contributed by atoms with Gasteiger partial charge in [0.15, 0.2) is 11.2 Å². The molecular formula is C20H23ClN4O. The molecule has 2 aromatic heterocycles. The summed E-state index contributed by atoms with van der Waals surface area (Å²) in [6.07, 6.45) is 10.1. The maximum absolute atomic E-state index is 13.1. The molecule has 5 nitrogen and oxygen atoms in total. The van der Waals surface area contributed by atoms with Crippen LogP contribution in [0.4, 0.5) is 0 Å². The van der Waals surface area contributed by atoms with Crippen LogP contribution in [0.2, 0.25) is 5.02 Å². The van der Waals surface area contributed by atoms with Crippen LogP contribution in [0.3, 0.4) is 0 Å². The third-order valence-corrected chi connectivity index (χ3v) is 5.64. The molecule has 136 valence electrons. The summed E-state index contributed by atoms with van der Waals surface area (Å²) in [6, 6.07) is 7.34. The van der Waals surface area contributed by atoms with Gasteiger partial charge in [0.1, 0.15) is 5.82 Å². The van der Waals surface area contributed by atoms with E-state index in [0.29, 0.717) is 16.2 Å². The molecule has 3 aromatic rings. The number of nitrogens with zero attached hydrogens (tertiary/aromatic N) is 4. The van der Waals surface area contributed by atoms with Crippen molar-refractivity contribution in [3.05, 3.63) is 51.8 Å². The molecule has 0 spiro atoms. The number of hydrogen-bond donors (Lipinski definition) is 0. The minimum absolute atomic E-state index is 0.114. The van der Waals surface area contributed by atoms with Gasteiger partial charge in [-0.3, -0.25) is 9.36 Å². The number of benzene rings is 1. The van der Waals surface area contributed by atoms with Gasteiger partial charge in [-0.1, -0.05) is 43.7 Å². The zero-order valence-electron chi connectivity index (χ0n) is 15.0. The number of aryl methyl sites for hydroxylation is 2. The second-order valence-electron chi connectivity index (χ2n) is 7.22. The van der Waals surface area contributed by atoms with Gasteiger partial charge in [0.2, 0.25) is 0 Å². The van der Waals surface area contributed by atoms with E-state index in [0.717, 1.165) is 30.3 Å². The van der Waals surface area contributed by atoms with Crippen LogP contribution in [0.5, 0.6) is 0 Å². The lowest BCUT2D eigenvalue weighted by Crippen LogP contribution is -2.25. The molecule has 2 heterocycles. The second kappa shape index (κ2) is 7.23. The Morgan fingerprint density at radius 1 is 1.15 bits per heavy atom. The Labute approximate surface area is 157 Å². The predicted octanol–water partition coefficient (Wildman–Crippen LogP) is 4.29. The molecule has 0 bridgehead atoms. The van der Waals surface area contributed by atoms with Crippen molar-refractivity contribution in [3.8, 4) is 5.69 Å². The van der Waals surface area contributed by atoms with E-state index in [1.165, 1.54) is 32.1 Å². The van der Waals surface area contributed by atoms with Gasteiger partial charge >= 0.3 is 0 Å². The van der Waals surface area contributed by atoms with Crippen LogP contribution in [0.15, 0.2) is 35.4 Å². The van der Waals surface area contributed by atoms with Crippen LogP contribution in [0.25, 0.3) is 16.9 Å². The van der Waals surface area contributed by atoms with Crippen molar-refractivity contribution < 1.29 is 0 Å². The molecule has 0 atom stereocenters. The smallest absolute Gasteiger partial charge is 0.286 e. The van der Waals surface area contributed by atoms with Gasteiger partial charge in [0.05, 0.1) is 12.0 Å². The fraction of sp³-hybridized carbons (Fsp3) is 0.450. The fourth-order valence-electron chi connectivity index (χ4n) is 3.94. The van der Waals surface area contributed by atoms with Crippen LogP contribution in [0, 0.1) is 5.92 Å². The summed E-state index contributed by atoms with van der Waals surface area (Å²) in [5.74, 6) is 1.54. The van der Waals surface area contributed by atoms with Crippen molar-refractivity contribution >= 4 is 22.8 Å². The first-order valence-corrected chi connectivity index (χ1v) is 9.70. The molecule has 4 rings (SSSR count). The predicted molar refractivity (Wildman–Crippen MR) is 104 cm³/mol. The third kappa shape index (κ3) is 3.28. The van der Waals surface area contributed by atoms with Crippen molar-refractivity contribution in [1.29, 1.82) is 0 Å². The first-order valence-electron chi connectivity index (χ1n) is 9.32. The quantitative estimate of drug-likeness (QED) is 0.688. The Morgan fingerprint density at radius 2 is 1.88 bits per heavy atom. The molecule has 0 aliphatic heterocycles. The summed E-state index contributed by atoms with van der Waals surface area (Å²) in [5.41, 5.74) is 1.73. The molecule has 1 fully saturated rings. The molecule has 1 aliphatic carbocycles. The van der Waals surface area contributed by atoms with E-state index >= 15 is 0 Å². The average molecular weight is 371 g/mol. The number of hydrogen-bond acceptors (Lipinski definition) is 3. The van der Waals surface area contributed by atoms with Crippen LogP contribution in [0.1, 0.15) is 44.3 Å². The van der Waals surface area contributed by atoms with E-state index in [4.69, 9.17) is 16.6 Å². The van der Waals surface area contributed by atoms with Gasteiger partial charge in [-0.05, 0) is 36.6 Å². The minimum atomic E-state index is -0.114. The number of imidazole rings is 1. The number of aromatic nitrogens is 4. The highest BCUT2D eigenvalue weighted by Crippen LogP contribution is 2.27. The number of rotatable bonds is 4. The van der Waals surface area contributed by atoms with Gasteiger partial charge in [-0.25, -0.2) is 9.97 Å². The number of halogens is 1. The summed E-state index contributed by atoms with van der Waals surface area (Å²) in [7, 11) is 1.87. The van der Waals surface area contributed by atoms with E-state index < -0.39 is 0 Å². The Morgan fingerprint density at radius 3 is 2.62 bits per heavy atom. The largest absolute Gasteiger partial charge is 0.318 e. The van der Waals surface area contributed by atoms with Crippen molar-refractivity contribution in [3.63, 3.8) is 0 Å². The summed E-state index contributed by atoms with van der Waals surface area (Å²) in [5, 5.41) is 0.650. The van der Waals surface area contributed by atoms with Gasteiger partial charge in [-0.15, -0.1) is 0 Å². The standard InChI is InChI=1S/C20H23ClN4O/c1-24-13-22-18-19(24)23-17(12-7-14-5-3-2-4-6-14)25(20(18)26)16-10-8-15(21)9-11-16/h8-11,13-14H,2-7,12H2,1H3. The Kier molecular flexibility index (Phi) is 4.81. The van der Waals surface area contributed by atoms with Crippen molar-refractivity contribution in [2.75, 3.05) is 0 Å². The molecule has 1 aromatic carbocycles. The SMILES string of the molecule is Cn1cnc2c(=O)n(-c3ccc(Cl)cc3)c(CCC3CCCCC3)nc21. The van der Waals surface area contributed by atoms with Crippen LogP contribution in [-0.2, 0) is 13.5 Å². The van der Waals surface area contributed by atoms with Gasteiger partial charge in [0.25, 0.3) is 5.56 Å². The Balaban J connectivity index is 1.77. The van der Waals surface area contributed by atoms with Crippen LogP contribution in [-0.4, -0.2) is 19.1 Å². The minimum Gasteiger partial charge on any atom is -0.318 e. The molecule has 26 heavy (non-hydrogen) atoms. The van der Waals surface area contributed by atoms with E-state index in [-0.39, 0.29) is 5.56 Å². The molecule has 0 N–H and O–H groups in total. The lowest BCUT2D eigenvalue weighted by atomic mass is 9.86. The van der Waals surface area contributed by atoms with Crippen molar-refractivity contribution in [1.82, 2.24) is 19.1 Å². The zero-order valence-corrected chi connectivity index (χ0v) is 15.7. The first kappa shape index (κ1) is 17.3. The highest BCUT2D eigenvalue weighted by Gasteiger charge is 2.18. The summed E-state index contributed by atoms with van der Waals surface area (Å²) in [4.78, 5) is 22.2. The lowest BCUT2D eigenvalue weighted by molar-refractivity contribution is 0.336. The molecule has 0 amide bonds. The van der Waals surface area contributed by atoms with Crippen molar-refractivity contribution in [2.24, 2.45) is 13.0 Å². The van der Waals surface area contributed by atoms with Gasteiger partial charge in [0, 0.05) is 18.5 Å². The highest BCUT2D eigenvalue weighted by molar-refractivity contribution is 6.30. The monoisotopic (exact) mass is 370 g/mol. The van der Waals surface area contributed by atoms with Gasteiger partial charge in [-0.2, -0.15) is 0 Å². The summed E-state index contributed by atoms with van der Waals surface area (Å²) in [6.45, 7) is 0. The van der Waals surface area contributed by atoms with Crippen molar-refractivity contribution in [2.45, 2.75) is 44.9 Å². The summed E-state index contributed by atoms with van der Waals surface area (Å²) < 4.78 is 3.52. The Bertz CT molecular complexity index is 968. The third-order valence-electron chi connectivity index (χ3n) is 5.39. The topological polar surface area (TPSA) is 52.7 Å². The molecule has 0 saturated heterocycles. The average Bonchev–Trinajstić information content (AvgIpc) is 3.03. The maximum atomic E-state index is 13.1. The Hall–Kier alpha value is -2.14. The number of fused-ring (bicyclic) bond motifs is 1. The maximum Gasteiger partial charge on any atom is 0.286 e. The second-order valence-corrected chi connectivity index (χ2v) is 7.65. The fourth-order valence-corrected chi connectivity index (χ4v) is 4.06. The molecule has 1 saturated carbocycles. The van der Waals surface area contributed by atoms with E-state index in [1.807, 2.05) is 23.7 Å². The molecule has 0 unspecified atom stereocenters. The normalized spacial score (nSPS) is 15.6. The van der Waals surface area contributed by atoms with Crippen LogP contribution >= 0.6 is 11.6 Å². The molecular weight excluding hydrogens is 348 g/mol. The van der Waals surface area contributed by atoms with Gasteiger partial charge < -0.3 is 4.57 Å². The van der Waals surface area contributed by atoms with E-state index in [9.17, 15) is 4.79 Å². The highest BCUT2D eigenvalue weighted by atomic mass is 35.5. The lowest BCUT2D eigenvalue weighted by Gasteiger charge is -2.22. The molecule has 0 radical (unpaired) electrons. The zero-order chi connectivity index (χ0) is 18.1. The first-order chi connectivity index (χ1) is 12.6. The van der Waals surface area contributed by atoms with Crippen LogP contribution < -0.4 is 5.56 Å². The van der Waals surface area contributed by atoms with E-state index in [2.05, 4.69) is 4.98 Å². The molecule has 6 heteroatoms. The van der Waals surface area contributed by atoms with E-state index in [1.54, 1.807) is 23.0 Å². The molecule has 1 aliphatic rings. The summed E-state index contributed by atoms with van der Waals surface area (Å²) >= 11 is 6.02.